The molecular formula is C21H34Cl2N4O4. The van der Waals surface area contributed by atoms with E-state index in [-0.39, 0.29) is 47.8 Å². The van der Waals surface area contributed by atoms with Crippen molar-refractivity contribution in [1.29, 1.82) is 0 Å². The smallest absolute Gasteiger partial charge is 0.338 e. The predicted octanol–water partition coefficient (Wildman–Crippen LogP) is 2.77. The van der Waals surface area contributed by atoms with Crippen molar-refractivity contribution in [1.82, 2.24) is 14.5 Å². The van der Waals surface area contributed by atoms with E-state index in [0.717, 1.165) is 42.5 Å². The van der Waals surface area contributed by atoms with Gasteiger partial charge in [-0.15, -0.1) is 24.8 Å². The number of hydrogen-bond donors (Lipinski definition) is 1. The average Bonchev–Trinajstić information content (AvgIpc) is 3.07. The zero-order valence-corrected chi connectivity index (χ0v) is 20.0. The Hall–Kier alpha value is -2.10. The molecule has 2 heterocycles. The first-order valence-electron chi connectivity index (χ1n) is 9.58. The molecule has 0 spiro atoms. The number of hydrogen-bond acceptors (Lipinski definition) is 5. The number of anilines is 1. The van der Waals surface area contributed by atoms with Crippen LogP contribution in [0.15, 0.2) is 47.8 Å². The first-order valence-corrected chi connectivity index (χ1v) is 9.58. The van der Waals surface area contributed by atoms with Gasteiger partial charge in [-0.1, -0.05) is 44.2 Å². The topological polar surface area (TPSA) is 122 Å². The molecule has 0 fully saturated rings. The molecule has 0 radical (unpaired) electrons. The molecule has 1 atom stereocenters. The molecule has 2 aromatic rings. The van der Waals surface area contributed by atoms with Gasteiger partial charge >= 0.3 is 5.97 Å². The Balaban J connectivity index is 0. The number of fused-ring (bicyclic) bond motifs is 1. The van der Waals surface area contributed by atoms with Gasteiger partial charge in [0.05, 0.1) is 30.1 Å². The molecule has 0 amide bonds. The average molecular weight is 477 g/mol. The minimum atomic E-state index is -0.288. The predicted molar refractivity (Wildman–Crippen MR) is 128 cm³/mol. The fourth-order valence-electron chi connectivity index (χ4n) is 3.56. The van der Waals surface area contributed by atoms with E-state index < -0.39 is 0 Å². The summed E-state index contributed by atoms with van der Waals surface area (Å²) in [6.45, 7) is 11.1. The number of aromatic nitrogens is 2. The largest absolute Gasteiger partial charge is 0.463 e. The van der Waals surface area contributed by atoms with Crippen molar-refractivity contribution in [3.05, 3.63) is 59.1 Å². The number of ether oxygens (including phenoxy) is 1. The zero-order valence-electron chi connectivity index (χ0n) is 18.3. The lowest BCUT2D eigenvalue weighted by Gasteiger charge is -2.32. The maximum atomic E-state index is 12.8. The molecule has 10 heteroatoms. The maximum Gasteiger partial charge on any atom is 0.338 e. The van der Waals surface area contributed by atoms with Crippen LogP contribution in [0.1, 0.15) is 45.0 Å². The van der Waals surface area contributed by atoms with Crippen molar-refractivity contribution in [2.75, 3.05) is 25.0 Å². The van der Waals surface area contributed by atoms with Crippen LogP contribution < -0.4 is 5.32 Å². The third-order valence-corrected chi connectivity index (χ3v) is 5.00. The first kappa shape index (κ1) is 31.1. The van der Waals surface area contributed by atoms with E-state index in [1.54, 1.807) is 0 Å². The molecule has 1 aliphatic heterocycles. The van der Waals surface area contributed by atoms with Crippen molar-refractivity contribution in [3.8, 4) is 0 Å². The van der Waals surface area contributed by atoms with Crippen LogP contribution in [-0.4, -0.2) is 51.1 Å². The number of nitrogens with zero attached hydrogens (tertiary/aromatic N) is 3. The number of halogens is 2. The van der Waals surface area contributed by atoms with Gasteiger partial charge < -0.3 is 25.6 Å². The molecule has 1 aliphatic rings. The van der Waals surface area contributed by atoms with Gasteiger partial charge in [0, 0.05) is 12.2 Å². The number of carbonyl (C=O) groups is 1. The van der Waals surface area contributed by atoms with E-state index in [4.69, 9.17) is 4.74 Å². The van der Waals surface area contributed by atoms with Gasteiger partial charge in [-0.3, -0.25) is 4.90 Å². The van der Waals surface area contributed by atoms with Gasteiger partial charge in [0.25, 0.3) is 0 Å². The maximum absolute atomic E-state index is 12.8. The Morgan fingerprint density at radius 2 is 1.74 bits per heavy atom. The van der Waals surface area contributed by atoms with Crippen LogP contribution >= 0.6 is 24.8 Å². The monoisotopic (exact) mass is 476 g/mol. The standard InChI is InChI=1S/C21H28N4O2.2ClH.2H2O/c1-5-24(6-2)14-17-13-22-21-23-15(4)18(20(26)27-7-3)19(25(17)21)16-11-9-8-10-12-16;;;;/h8-13,19H,5-7,14H2,1-4H3,(H,22,23);2*1H;2*1H2. The van der Waals surface area contributed by atoms with Crippen LogP contribution in [-0.2, 0) is 16.1 Å². The summed E-state index contributed by atoms with van der Waals surface area (Å²) < 4.78 is 7.51. The molecule has 176 valence electrons. The van der Waals surface area contributed by atoms with Crippen LogP contribution in [0.5, 0.6) is 0 Å². The van der Waals surface area contributed by atoms with E-state index in [1.165, 1.54) is 0 Å². The normalized spacial score (nSPS) is 14.2. The molecule has 3 rings (SSSR count). The Morgan fingerprint density at radius 3 is 2.29 bits per heavy atom. The minimum Gasteiger partial charge on any atom is -0.463 e. The molecule has 1 aromatic heterocycles. The molecule has 0 saturated carbocycles. The molecule has 1 aromatic carbocycles. The highest BCUT2D eigenvalue weighted by molar-refractivity contribution is 5.92. The van der Waals surface area contributed by atoms with E-state index >= 15 is 0 Å². The summed E-state index contributed by atoms with van der Waals surface area (Å²) in [6, 6.07) is 9.82. The second-order valence-corrected chi connectivity index (χ2v) is 6.60. The molecule has 1 unspecified atom stereocenters. The van der Waals surface area contributed by atoms with Crippen molar-refractivity contribution in [2.45, 2.75) is 40.3 Å². The third kappa shape index (κ3) is 6.44. The summed E-state index contributed by atoms with van der Waals surface area (Å²) >= 11 is 0. The van der Waals surface area contributed by atoms with Crippen LogP contribution in [0.2, 0.25) is 0 Å². The zero-order chi connectivity index (χ0) is 19.4. The Morgan fingerprint density at radius 1 is 1.13 bits per heavy atom. The lowest BCUT2D eigenvalue weighted by Crippen LogP contribution is -2.31. The molecule has 0 aliphatic carbocycles. The van der Waals surface area contributed by atoms with E-state index in [2.05, 4.69) is 33.6 Å². The molecular weight excluding hydrogens is 443 g/mol. The van der Waals surface area contributed by atoms with Crippen molar-refractivity contribution in [3.63, 3.8) is 0 Å². The number of nitrogens with one attached hydrogen (secondary N) is 1. The number of benzene rings is 1. The summed E-state index contributed by atoms with van der Waals surface area (Å²) in [7, 11) is 0. The number of esters is 1. The highest BCUT2D eigenvalue weighted by atomic mass is 35.5. The Kier molecular flexibility index (Phi) is 14.1. The SMILES string of the molecule is CCOC(=O)C1=C(C)Nc2ncc(CN(CC)CC)n2C1c1ccccc1.Cl.Cl.O.O. The molecule has 31 heavy (non-hydrogen) atoms. The summed E-state index contributed by atoms with van der Waals surface area (Å²) in [4.78, 5) is 19.7. The number of allylic oxidation sites excluding steroid dienone is 1. The number of rotatable bonds is 7. The van der Waals surface area contributed by atoms with Crippen LogP contribution in [0.3, 0.4) is 0 Å². The molecule has 0 bridgehead atoms. The van der Waals surface area contributed by atoms with Crippen LogP contribution in [0.4, 0.5) is 5.95 Å². The van der Waals surface area contributed by atoms with E-state index in [0.29, 0.717) is 12.2 Å². The summed E-state index contributed by atoms with van der Waals surface area (Å²) in [5, 5.41) is 3.29. The molecule has 0 saturated heterocycles. The first-order chi connectivity index (χ1) is 13.1. The fraction of sp³-hybridized carbons (Fsp3) is 0.429. The van der Waals surface area contributed by atoms with Gasteiger partial charge in [-0.25, -0.2) is 9.78 Å². The summed E-state index contributed by atoms with van der Waals surface area (Å²) in [6.07, 6.45) is 1.90. The fourth-order valence-corrected chi connectivity index (χ4v) is 3.56. The quantitative estimate of drug-likeness (QED) is 0.615. The third-order valence-electron chi connectivity index (χ3n) is 5.00. The van der Waals surface area contributed by atoms with Gasteiger partial charge in [0.1, 0.15) is 0 Å². The van der Waals surface area contributed by atoms with Gasteiger partial charge in [-0.05, 0) is 32.5 Å². The summed E-state index contributed by atoms with van der Waals surface area (Å²) in [5.74, 6) is 0.473. The second-order valence-electron chi connectivity index (χ2n) is 6.60. The van der Waals surface area contributed by atoms with Crippen LogP contribution in [0.25, 0.3) is 0 Å². The second kappa shape index (κ2) is 14.1. The van der Waals surface area contributed by atoms with Crippen molar-refractivity contribution in [2.24, 2.45) is 0 Å². The highest BCUT2D eigenvalue weighted by Gasteiger charge is 2.35. The number of imidazole rings is 1. The van der Waals surface area contributed by atoms with Crippen LogP contribution in [0, 0.1) is 0 Å². The lowest BCUT2D eigenvalue weighted by atomic mass is 9.95. The van der Waals surface area contributed by atoms with Crippen molar-refractivity contribution < 1.29 is 20.5 Å². The van der Waals surface area contributed by atoms with Gasteiger partial charge in [0.2, 0.25) is 5.95 Å². The van der Waals surface area contributed by atoms with E-state index in [9.17, 15) is 4.79 Å². The summed E-state index contributed by atoms with van der Waals surface area (Å²) in [5.41, 5.74) is 3.54. The number of carbonyl (C=O) groups excluding carboxylic acids is 1. The highest BCUT2D eigenvalue weighted by Crippen LogP contribution is 2.37. The molecule has 5 N–H and O–H groups in total. The van der Waals surface area contributed by atoms with Crippen molar-refractivity contribution >= 4 is 36.7 Å². The van der Waals surface area contributed by atoms with Gasteiger partial charge in [-0.2, -0.15) is 0 Å². The van der Waals surface area contributed by atoms with Gasteiger partial charge in [0.15, 0.2) is 0 Å². The van der Waals surface area contributed by atoms with E-state index in [1.807, 2.05) is 50.4 Å². The Bertz CT molecular complexity index is 839. The molecule has 8 nitrogen and oxygen atoms in total. The Labute approximate surface area is 196 Å². The minimum absolute atomic E-state index is 0. The lowest BCUT2D eigenvalue weighted by molar-refractivity contribution is -0.139.